The molecule has 0 bridgehead atoms. The van der Waals surface area contributed by atoms with Crippen molar-refractivity contribution in [3.63, 3.8) is 0 Å². The van der Waals surface area contributed by atoms with Crippen molar-refractivity contribution in [2.45, 2.75) is 38.6 Å². The summed E-state index contributed by atoms with van der Waals surface area (Å²) in [4.78, 5) is 23.0. The Balaban J connectivity index is 2.64. The molecule has 1 unspecified atom stereocenters. The van der Waals surface area contributed by atoms with Gasteiger partial charge in [0.15, 0.2) is 6.61 Å². The zero-order valence-corrected chi connectivity index (χ0v) is 14.1. The standard InChI is InChI=1S/C17H25NO5/c1-17(2,3)12-7-5-6-8-14(12)23-11-15(19)18-13(16(20)21)9-10-22-4/h5-8,13H,9-11H2,1-4H3,(H,18,19)(H,20,21). The zero-order chi connectivity index (χ0) is 17.5. The number of carboxylic acid groups (broad SMARTS) is 1. The van der Waals surface area contributed by atoms with Gasteiger partial charge in [-0.25, -0.2) is 4.79 Å². The lowest BCUT2D eigenvalue weighted by molar-refractivity contribution is -0.142. The first kappa shape index (κ1) is 19.0. The fraction of sp³-hybridized carbons (Fsp3) is 0.529. The van der Waals surface area contributed by atoms with E-state index >= 15 is 0 Å². The number of rotatable bonds is 8. The van der Waals surface area contributed by atoms with Gasteiger partial charge < -0.3 is 19.9 Å². The summed E-state index contributed by atoms with van der Waals surface area (Å²) in [6, 6.07) is 6.52. The number of nitrogens with one attached hydrogen (secondary N) is 1. The summed E-state index contributed by atoms with van der Waals surface area (Å²) >= 11 is 0. The van der Waals surface area contributed by atoms with Crippen LogP contribution in [0, 0.1) is 0 Å². The number of para-hydroxylation sites is 1. The van der Waals surface area contributed by atoms with Gasteiger partial charge in [-0.05, 0) is 17.0 Å². The minimum atomic E-state index is -1.09. The van der Waals surface area contributed by atoms with Gasteiger partial charge in [-0.1, -0.05) is 39.0 Å². The van der Waals surface area contributed by atoms with Crippen molar-refractivity contribution in [3.05, 3.63) is 29.8 Å². The highest BCUT2D eigenvalue weighted by molar-refractivity contribution is 5.84. The second-order valence-corrected chi connectivity index (χ2v) is 6.27. The maximum Gasteiger partial charge on any atom is 0.326 e. The van der Waals surface area contributed by atoms with Crippen molar-refractivity contribution in [1.29, 1.82) is 0 Å². The molecule has 0 aliphatic rings. The van der Waals surface area contributed by atoms with Crippen LogP contribution >= 0.6 is 0 Å². The normalized spacial score (nSPS) is 12.5. The molecule has 0 fully saturated rings. The van der Waals surface area contributed by atoms with Crippen LogP contribution in [0.1, 0.15) is 32.8 Å². The number of carbonyl (C=O) groups is 2. The molecule has 6 heteroatoms. The molecule has 0 heterocycles. The molecule has 0 aliphatic carbocycles. The first-order valence-corrected chi connectivity index (χ1v) is 7.49. The Labute approximate surface area is 136 Å². The predicted molar refractivity (Wildman–Crippen MR) is 86.7 cm³/mol. The molecule has 0 radical (unpaired) electrons. The first-order valence-electron chi connectivity index (χ1n) is 7.49. The number of amides is 1. The molecule has 23 heavy (non-hydrogen) atoms. The lowest BCUT2D eigenvalue weighted by atomic mass is 9.86. The number of hydrogen-bond acceptors (Lipinski definition) is 4. The number of methoxy groups -OCH3 is 1. The van der Waals surface area contributed by atoms with Crippen molar-refractivity contribution in [2.24, 2.45) is 0 Å². The fourth-order valence-corrected chi connectivity index (χ4v) is 2.08. The third-order valence-electron chi connectivity index (χ3n) is 3.30. The molecule has 0 saturated heterocycles. The van der Waals surface area contributed by atoms with Gasteiger partial charge in [0.25, 0.3) is 5.91 Å². The number of hydrogen-bond donors (Lipinski definition) is 2. The molecule has 6 nitrogen and oxygen atoms in total. The summed E-state index contributed by atoms with van der Waals surface area (Å²) < 4.78 is 10.4. The van der Waals surface area contributed by atoms with Crippen LogP contribution in [-0.4, -0.2) is 43.3 Å². The third kappa shape index (κ3) is 6.28. The number of carboxylic acids is 1. The number of carbonyl (C=O) groups excluding carboxylic acids is 1. The van der Waals surface area contributed by atoms with Crippen LogP contribution in [0.5, 0.6) is 5.75 Å². The summed E-state index contributed by atoms with van der Waals surface area (Å²) in [5.41, 5.74) is 0.872. The molecule has 128 valence electrons. The van der Waals surface area contributed by atoms with E-state index in [1.165, 1.54) is 7.11 Å². The van der Waals surface area contributed by atoms with Gasteiger partial charge >= 0.3 is 5.97 Å². The molecule has 1 aromatic rings. The van der Waals surface area contributed by atoms with Crippen LogP contribution in [0.2, 0.25) is 0 Å². The Bertz CT molecular complexity index is 536. The smallest absolute Gasteiger partial charge is 0.326 e. The minimum absolute atomic E-state index is 0.116. The van der Waals surface area contributed by atoms with Crippen LogP contribution in [0.15, 0.2) is 24.3 Å². The molecular weight excluding hydrogens is 298 g/mol. The van der Waals surface area contributed by atoms with Crippen molar-refractivity contribution in [1.82, 2.24) is 5.32 Å². The molecule has 0 aromatic heterocycles. The van der Waals surface area contributed by atoms with Crippen LogP contribution in [-0.2, 0) is 19.7 Å². The maximum absolute atomic E-state index is 11.9. The number of ether oxygens (including phenoxy) is 2. The second-order valence-electron chi connectivity index (χ2n) is 6.27. The number of benzene rings is 1. The minimum Gasteiger partial charge on any atom is -0.483 e. The van der Waals surface area contributed by atoms with E-state index in [0.717, 1.165) is 5.56 Å². The summed E-state index contributed by atoms with van der Waals surface area (Å²) in [7, 11) is 1.48. The zero-order valence-electron chi connectivity index (χ0n) is 14.1. The summed E-state index contributed by atoms with van der Waals surface area (Å²) in [6.07, 6.45) is 0.205. The Morgan fingerprint density at radius 1 is 1.26 bits per heavy atom. The Hall–Kier alpha value is -2.08. The molecule has 1 atom stereocenters. The Morgan fingerprint density at radius 2 is 1.91 bits per heavy atom. The van der Waals surface area contributed by atoms with Crippen molar-refractivity contribution in [2.75, 3.05) is 20.3 Å². The fourth-order valence-electron chi connectivity index (χ4n) is 2.08. The van der Waals surface area contributed by atoms with E-state index in [-0.39, 0.29) is 25.0 Å². The van der Waals surface area contributed by atoms with E-state index in [4.69, 9.17) is 14.6 Å². The average Bonchev–Trinajstić information content (AvgIpc) is 2.48. The predicted octanol–water partition coefficient (Wildman–Crippen LogP) is 1.97. The van der Waals surface area contributed by atoms with Gasteiger partial charge in [-0.3, -0.25) is 4.79 Å². The first-order chi connectivity index (χ1) is 10.8. The maximum atomic E-state index is 11.9. The van der Waals surface area contributed by atoms with E-state index in [9.17, 15) is 9.59 Å². The van der Waals surface area contributed by atoms with Gasteiger partial charge in [0.1, 0.15) is 11.8 Å². The molecule has 0 spiro atoms. The topological polar surface area (TPSA) is 84.9 Å². The average molecular weight is 323 g/mol. The van der Waals surface area contributed by atoms with Gasteiger partial charge in [-0.15, -0.1) is 0 Å². The van der Waals surface area contributed by atoms with Crippen LogP contribution in [0.3, 0.4) is 0 Å². The van der Waals surface area contributed by atoms with E-state index in [1.807, 2.05) is 18.2 Å². The van der Waals surface area contributed by atoms with Gasteiger partial charge in [0.05, 0.1) is 0 Å². The Kier molecular flexibility index (Phi) is 7.03. The number of aliphatic carboxylic acids is 1. The summed E-state index contributed by atoms with van der Waals surface area (Å²) in [5.74, 6) is -0.943. The summed E-state index contributed by atoms with van der Waals surface area (Å²) in [6.45, 7) is 6.19. The summed E-state index contributed by atoms with van der Waals surface area (Å²) in [5, 5.41) is 11.5. The third-order valence-corrected chi connectivity index (χ3v) is 3.30. The molecular formula is C17H25NO5. The van der Waals surface area contributed by atoms with E-state index in [0.29, 0.717) is 5.75 Å². The van der Waals surface area contributed by atoms with Crippen molar-refractivity contribution >= 4 is 11.9 Å². The molecule has 1 rings (SSSR count). The van der Waals surface area contributed by atoms with Crippen LogP contribution < -0.4 is 10.1 Å². The van der Waals surface area contributed by atoms with Crippen LogP contribution in [0.4, 0.5) is 0 Å². The van der Waals surface area contributed by atoms with Crippen molar-refractivity contribution in [3.8, 4) is 5.75 Å². The highest BCUT2D eigenvalue weighted by Crippen LogP contribution is 2.30. The van der Waals surface area contributed by atoms with E-state index in [2.05, 4.69) is 26.1 Å². The quantitative estimate of drug-likeness (QED) is 0.764. The monoisotopic (exact) mass is 323 g/mol. The van der Waals surface area contributed by atoms with E-state index < -0.39 is 17.9 Å². The van der Waals surface area contributed by atoms with E-state index in [1.54, 1.807) is 6.07 Å². The van der Waals surface area contributed by atoms with Gasteiger partial charge in [-0.2, -0.15) is 0 Å². The molecule has 1 aromatic carbocycles. The second kappa shape index (κ2) is 8.53. The lowest BCUT2D eigenvalue weighted by Crippen LogP contribution is -2.43. The molecule has 2 N–H and O–H groups in total. The highest BCUT2D eigenvalue weighted by Gasteiger charge is 2.21. The molecule has 0 saturated carbocycles. The van der Waals surface area contributed by atoms with Gasteiger partial charge in [0, 0.05) is 20.1 Å². The SMILES string of the molecule is COCCC(NC(=O)COc1ccccc1C(C)(C)C)C(=O)O. The van der Waals surface area contributed by atoms with Gasteiger partial charge in [0.2, 0.25) is 0 Å². The van der Waals surface area contributed by atoms with Crippen LogP contribution in [0.25, 0.3) is 0 Å². The lowest BCUT2D eigenvalue weighted by Gasteiger charge is -2.22. The van der Waals surface area contributed by atoms with Crippen molar-refractivity contribution < 1.29 is 24.2 Å². The Morgan fingerprint density at radius 3 is 2.48 bits per heavy atom. The highest BCUT2D eigenvalue weighted by atomic mass is 16.5. The molecule has 1 amide bonds. The largest absolute Gasteiger partial charge is 0.483 e. The molecule has 0 aliphatic heterocycles.